The van der Waals surface area contributed by atoms with E-state index in [0.717, 1.165) is 12.0 Å². The van der Waals surface area contributed by atoms with Gasteiger partial charge in [-0.2, -0.15) is 23.4 Å². The first kappa shape index (κ1) is 26.6. The Morgan fingerprint density at radius 1 is 1.21 bits per heavy atom. The zero-order valence-electron chi connectivity index (χ0n) is 17.1. The van der Waals surface area contributed by atoms with Crippen molar-refractivity contribution in [2.24, 2.45) is 4.99 Å². The van der Waals surface area contributed by atoms with Crippen molar-refractivity contribution < 1.29 is 37.4 Å². The summed E-state index contributed by atoms with van der Waals surface area (Å²) in [5.74, 6) is 0.390. The van der Waals surface area contributed by atoms with Crippen LogP contribution < -0.4 is 10.6 Å². The number of benzene rings is 1. The third-order valence-electron chi connectivity index (χ3n) is 3.58. The van der Waals surface area contributed by atoms with Gasteiger partial charge in [0.1, 0.15) is 4.90 Å². The Kier molecular flexibility index (Phi) is 11.1. The molecule has 0 amide bonds. The van der Waals surface area contributed by atoms with Crippen LogP contribution in [0.4, 0.5) is 23.5 Å². The minimum absolute atomic E-state index is 0.00880. The number of hydrogen-bond donors (Lipinski definition) is 5. The minimum atomic E-state index is -4.49. The molecule has 0 atom stereocenters. The molecule has 16 heteroatoms. The lowest BCUT2D eigenvalue weighted by molar-refractivity contribution is -0.432. The highest BCUT2D eigenvalue weighted by Crippen LogP contribution is 2.24. The second-order valence-electron chi connectivity index (χ2n) is 5.84. The largest absolute Gasteiger partial charge is 0.394 e. The molecule has 0 saturated carbocycles. The van der Waals surface area contributed by atoms with Gasteiger partial charge in [-0.3, -0.25) is 4.55 Å². The number of aliphatic hydroxyl groups is 1. The highest BCUT2D eigenvalue weighted by Gasteiger charge is 2.15. The number of nitrogens with zero attached hydrogens (tertiary/aromatic N) is 4. The topological polar surface area (TPSA) is 198 Å². The van der Waals surface area contributed by atoms with E-state index in [9.17, 15) is 13.0 Å². The molecule has 0 spiro atoms. The van der Waals surface area contributed by atoms with Gasteiger partial charge in [0, 0.05) is 30.5 Å². The van der Waals surface area contributed by atoms with E-state index in [4.69, 9.17) is 15.1 Å². The fourth-order valence-corrected chi connectivity index (χ4v) is 3.25. The smallest absolute Gasteiger partial charge is 0.295 e. The number of aliphatic imine (C=N–C) groups is 1. The molecule has 33 heavy (non-hydrogen) atoms. The lowest BCUT2D eigenvalue weighted by Gasteiger charge is -2.11. The summed E-state index contributed by atoms with van der Waals surface area (Å²) in [5, 5.41) is 26.1. The van der Waals surface area contributed by atoms with Gasteiger partial charge < -0.3 is 20.5 Å². The number of nitrogens with one attached hydrogen (secondary N) is 2. The molecule has 2 rings (SSSR count). The van der Waals surface area contributed by atoms with E-state index in [0.29, 0.717) is 6.54 Å². The Balaban J connectivity index is 2.25. The number of aromatic nitrogens is 3. The van der Waals surface area contributed by atoms with Crippen LogP contribution in [0.5, 0.6) is 0 Å². The van der Waals surface area contributed by atoms with E-state index in [1.165, 1.54) is 24.4 Å². The van der Waals surface area contributed by atoms with E-state index in [-0.39, 0.29) is 59.6 Å². The SMILES string of the molecule is C=Cc1ccc(Nc2nc(N=CCSOOO)nc(NCCOCCO)n2)cc1S(=O)(=O)O. The monoisotopic (exact) mass is 502 g/mol. The second kappa shape index (κ2) is 13.8. The van der Waals surface area contributed by atoms with E-state index in [1.54, 1.807) is 6.07 Å². The molecule has 0 fully saturated rings. The number of ether oxygens (including phenoxy) is 1. The highest BCUT2D eigenvalue weighted by atomic mass is 32.2. The maximum absolute atomic E-state index is 11.7. The average Bonchev–Trinajstić information content (AvgIpc) is 2.78. The van der Waals surface area contributed by atoms with Crippen molar-refractivity contribution in [3.8, 4) is 0 Å². The van der Waals surface area contributed by atoms with Crippen LogP contribution in [0.2, 0.25) is 0 Å². The molecule has 0 aliphatic rings. The summed E-state index contributed by atoms with van der Waals surface area (Å²) in [6.07, 6.45) is 2.69. The minimum Gasteiger partial charge on any atom is -0.394 e. The van der Waals surface area contributed by atoms with Gasteiger partial charge in [0.2, 0.25) is 11.9 Å². The summed E-state index contributed by atoms with van der Waals surface area (Å²) in [4.78, 5) is 16.2. The third kappa shape index (κ3) is 9.36. The van der Waals surface area contributed by atoms with Gasteiger partial charge in [0.15, 0.2) is 0 Å². The van der Waals surface area contributed by atoms with Crippen LogP contribution in [0.1, 0.15) is 5.56 Å². The molecule has 1 aromatic heterocycles. The summed E-state index contributed by atoms with van der Waals surface area (Å²) in [7, 11) is -4.49. The summed E-state index contributed by atoms with van der Waals surface area (Å²) in [5.41, 5.74) is 0.497. The van der Waals surface area contributed by atoms with Gasteiger partial charge in [-0.05, 0) is 17.7 Å². The van der Waals surface area contributed by atoms with Gasteiger partial charge in [0.25, 0.3) is 16.1 Å². The fourth-order valence-electron chi connectivity index (χ4n) is 2.29. The van der Waals surface area contributed by atoms with Crippen molar-refractivity contribution in [3.05, 3.63) is 30.3 Å². The van der Waals surface area contributed by atoms with Crippen LogP contribution >= 0.6 is 12.0 Å². The molecule has 180 valence electrons. The predicted molar refractivity (Wildman–Crippen MR) is 121 cm³/mol. The Bertz CT molecular complexity index is 1050. The molecule has 0 radical (unpaired) electrons. The van der Waals surface area contributed by atoms with Crippen LogP contribution in [0, 0.1) is 0 Å². The first-order chi connectivity index (χ1) is 15.9. The highest BCUT2D eigenvalue weighted by molar-refractivity contribution is 7.95. The van der Waals surface area contributed by atoms with E-state index >= 15 is 0 Å². The lowest BCUT2D eigenvalue weighted by Crippen LogP contribution is -2.14. The van der Waals surface area contributed by atoms with E-state index in [2.05, 4.69) is 46.5 Å². The normalized spacial score (nSPS) is 11.6. The van der Waals surface area contributed by atoms with E-state index < -0.39 is 10.1 Å². The van der Waals surface area contributed by atoms with Crippen LogP contribution in [-0.2, 0) is 24.2 Å². The Hall–Kier alpha value is -2.70. The van der Waals surface area contributed by atoms with Gasteiger partial charge >= 0.3 is 0 Å². The lowest BCUT2D eigenvalue weighted by atomic mass is 10.2. The molecule has 1 aromatic carbocycles. The average molecular weight is 503 g/mol. The molecule has 1 heterocycles. The predicted octanol–water partition coefficient (Wildman–Crippen LogP) is 1.70. The summed E-state index contributed by atoms with van der Waals surface area (Å²) < 4.78 is 42.2. The van der Waals surface area contributed by atoms with Crippen LogP contribution in [0.25, 0.3) is 6.08 Å². The zero-order chi connectivity index (χ0) is 24.1. The molecular weight excluding hydrogens is 480 g/mol. The first-order valence-corrected chi connectivity index (χ1v) is 11.5. The Morgan fingerprint density at radius 2 is 2.00 bits per heavy atom. The summed E-state index contributed by atoms with van der Waals surface area (Å²) in [6, 6.07) is 4.21. The first-order valence-electron chi connectivity index (χ1n) is 9.19. The van der Waals surface area contributed by atoms with Crippen LogP contribution in [0.3, 0.4) is 0 Å². The Morgan fingerprint density at radius 3 is 2.70 bits per heavy atom. The molecule has 14 nitrogen and oxygen atoms in total. The van der Waals surface area contributed by atoms with E-state index in [1.807, 2.05) is 0 Å². The molecule has 2 aromatic rings. The maximum atomic E-state index is 11.7. The zero-order valence-corrected chi connectivity index (χ0v) is 18.8. The quantitative estimate of drug-likeness (QED) is 0.0588. The maximum Gasteiger partial charge on any atom is 0.295 e. The van der Waals surface area contributed by atoms with Crippen molar-refractivity contribution in [1.82, 2.24) is 15.0 Å². The molecule has 5 N–H and O–H groups in total. The van der Waals surface area contributed by atoms with Crippen molar-refractivity contribution in [3.63, 3.8) is 0 Å². The number of anilines is 3. The molecule has 0 saturated heterocycles. The van der Waals surface area contributed by atoms with Gasteiger partial charge in [-0.1, -0.05) is 23.8 Å². The van der Waals surface area contributed by atoms with Crippen molar-refractivity contribution in [2.75, 3.05) is 42.8 Å². The fraction of sp³-hybridized carbons (Fsp3) is 0.294. The van der Waals surface area contributed by atoms with Gasteiger partial charge in [0.05, 0.1) is 25.6 Å². The summed E-state index contributed by atoms with van der Waals surface area (Å²) in [6.45, 7) is 4.22. The molecule has 0 unspecified atom stereocenters. The van der Waals surface area contributed by atoms with Crippen LogP contribution in [0.15, 0.2) is 34.7 Å². The number of hydrogen-bond acceptors (Lipinski definition) is 14. The second-order valence-corrected chi connectivity index (χ2v) is 7.94. The van der Waals surface area contributed by atoms with Crippen LogP contribution in [-0.4, -0.2) is 76.6 Å². The molecule has 0 bridgehead atoms. The molecule has 0 aliphatic carbocycles. The van der Waals surface area contributed by atoms with Crippen molar-refractivity contribution in [2.45, 2.75) is 4.90 Å². The molecule has 0 aliphatic heterocycles. The summed E-state index contributed by atoms with van der Waals surface area (Å²) >= 11 is 0.763. The van der Waals surface area contributed by atoms with Gasteiger partial charge in [-0.25, -0.2) is 10.2 Å². The van der Waals surface area contributed by atoms with Crippen molar-refractivity contribution in [1.29, 1.82) is 0 Å². The molecular formula is C17H22N6O8S2. The standard InChI is InChI=1S/C17H22N6O8S2/c1-2-12-3-4-13(11-14(12)33(26,27)28)20-17-22-15(18-5-8-29-9-7-24)21-16(23-17)19-6-10-32-31-30-25/h2-4,6,11,24-25H,1,5,7-10H2,(H,26,27,28)(H2,18,20,21,22,23). The number of aliphatic hydroxyl groups excluding tert-OH is 1. The van der Waals surface area contributed by atoms with Gasteiger partial charge in [-0.15, -0.1) is 4.33 Å². The number of rotatable bonds is 15. The third-order valence-corrected chi connectivity index (χ3v) is 4.94. The Labute approximate surface area is 193 Å². The van der Waals surface area contributed by atoms with Crippen molar-refractivity contribution >= 4 is 58.0 Å².